The van der Waals surface area contributed by atoms with E-state index in [1.165, 1.54) is 0 Å². The van der Waals surface area contributed by atoms with Gasteiger partial charge in [-0.3, -0.25) is 4.79 Å². The standard InChI is InChI=1S/C13H18Cl2N4O2/c1-16-12-9(14)8-10(15)13(18-12)17-3-2-11(20)19-4-6-21-7-5-19/h8H,2-7H2,1H3,(H2,16,17,18). The fourth-order valence-corrected chi connectivity index (χ4v) is 2.54. The number of ether oxygens (including phenoxy) is 1. The largest absolute Gasteiger partial charge is 0.378 e. The Bertz CT molecular complexity index is 507. The second kappa shape index (κ2) is 7.68. The second-order valence-corrected chi connectivity index (χ2v) is 5.38. The lowest BCUT2D eigenvalue weighted by molar-refractivity contribution is -0.134. The van der Waals surface area contributed by atoms with Gasteiger partial charge >= 0.3 is 0 Å². The Balaban J connectivity index is 1.86. The number of carbonyl (C=O) groups is 1. The predicted octanol–water partition coefficient (Wildman–Crippen LogP) is 2.09. The lowest BCUT2D eigenvalue weighted by Gasteiger charge is -2.26. The quantitative estimate of drug-likeness (QED) is 0.864. The molecule has 1 amide bonds. The van der Waals surface area contributed by atoms with Gasteiger partial charge < -0.3 is 20.3 Å². The van der Waals surface area contributed by atoms with Crippen molar-refractivity contribution in [2.75, 3.05) is 50.5 Å². The fraction of sp³-hybridized carbons (Fsp3) is 0.538. The molecule has 6 nitrogen and oxygen atoms in total. The van der Waals surface area contributed by atoms with Gasteiger partial charge in [-0.2, -0.15) is 0 Å². The number of amides is 1. The van der Waals surface area contributed by atoms with Crippen molar-refractivity contribution < 1.29 is 9.53 Å². The molecule has 8 heteroatoms. The van der Waals surface area contributed by atoms with Crippen LogP contribution in [0.4, 0.5) is 11.6 Å². The normalized spacial score (nSPS) is 14.9. The van der Waals surface area contributed by atoms with Crippen LogP contribution in [-0.4, -0.2) is 55.7 Å². The van der Waals surface area contributed by atoms with Crippen LogP contribution in [-0.2, 0) is 9.53 Å². The van der Waals surface area contributed by atoms with Crippen LogP contribution in [0.15, 0.2) is 6.07 Å². The van der Waals surface area contributed by atoms with E-state index in [1.54, 1.807) is 18.0 Å². The van der Waals surface area contributed by atoms with Crippen molar-refractivity contribution in [1.82, 2.24) is 9.88 Å². The first-order valence-electron chi connectivity index (χ1n) is 6.75. The lowest BCUT2D eigenvalue weighted by atomic mass is 10.3. The summed E-state index contributed by atoms with van der Waals surface area (Å²) >= 11 is 12.1. The van der Waals surface area contributed by atoms with Crippen molar-refractivity contribution in [3.63, 3.8) is 0 Å². The lowest BCUT2D eigenvalue weighted by Crippen LogP contribution is -2.41. The van der Waals surface area contributed by atoms with Crippen LogP contribution in [0.1, 0.15) is 6.42 Å². The number of pyridine rings is 1. The number of hydrogen-bond acceptors (Lipinski definition) is 5. The molecular weight excluding hydrogens is 315 g/mol. The average molecular weight is 333 g/mol. The Morgan fingerprint density at radius 1 is 1.33 bits per heavy atom. The number of hydrogen-bond donors (Lipinski definition) is 2. The molecule has 21 heavy (non-hydrogen) atoms. The molecule has 0 spiro atoms. The third kappa shape index (κ3) is 4.36. The molecular formula is C13H18Cl2N4O2. The molecule has 0 aliphatic carbocycles. The minimum atomic E-state index is 0.102. The highest BCUT2D eigenvalue weighted by Gasteiger charge is 2.16. The first-order chi connectivity index (χ1) is 10.1. The number of anilines is 2. The maximum atomic E-state index is 12.0. The van der Waals surface area contributed by atoms with Crippen molar-refractivity contribution in [3.8, 4) is 0 Å². The van der Waals surface area contributed by atoms with Crippen molar-refractivity contribution in [3.05, 3.63) is 16.1 Å². The number of nitrogens with zero attached hydrogens (tertiary/aromatic N) is 2. The number of aromatic nitrogens is 1. The Morgan fingerprint density at radius 2 is 2.00 bits per heavy atom. The molecule has 2 rings (SSSR count). The van der Waals surface area contributed by atoms with Crippen molar-refractivity contribution in [2.24, 2.45) is 0 Å². The van der Waals surface area contributed by atoms with Gasteiger partial charge in [0, 0.05) is 33.1 Å². The van der Waals surface area contributed by atoms with E-state index in [4.69, 9.17) is 27.9 Å². The van der Waals surface area contributed by atoms with Crippen molar-refractivity contribution in [2.45, 2.75) is 6.42 Å². The summed E-state index contributed by atoms with van der Waals surface area (Å²) in [6.45, 7) is 2.99. The smallest absolute Gasteiger partial charge is 0.224 e. The minimum absolute atomic E-state index is 0.102. The summed E-state index contributed by atoms with van der Waals surface area (Å²) in [6.07, 6.45) is 0.384. The van der Waals surface area contributed by atoms with Gasteiger partial charge in [-0.15, -0.1) is 0 Å². The van der Waals surface area contributed by atoms with Gasteiger partial charge in [-0.1, -0.05) is 23.2 Å². The molecule has 1 aromatic rings. The number of rotatable bonds is 5. The Kier molecular flexibility index (Phi) is 5.90. The Hall–Kier alpha value is -1.24. The van der Waals surface area contributed by atoms with Crippen LogP contribution in [0.2, 0.25) is 10.0 Å². The van der Waals surface area contributed by atoms with Crippen LogP contribution < -0.4 is 10.6 Å². The molecule has 2 N–H and O–H groups in total. The van der Waals surface area contributed by atoms with E-state index in [-0.39, 0.29) is 5.91 Å². The maximum Gasteiger partial charge on any atom is 0.224 e. The Morgan fingerprint density at radius 3 is 2.67 bits per heavy atom. The van der Waals surface area contributed by atoms with E-state index >= 15 is 0 Å². The van der Waals surface area contributed by atoms with Crippen LogP contribution in [0.3, 0.4) is 0 Å². The van der Waals surface area contributed by atoms with E-state index in [0.29, 0.717) is 60.9 Å². The Labute approximate surface area is 133 Å². The molecule has 0 aromatic carbocycles. The van der Waals surface area contributed by atoms with E-state index in [1.807, 2.05) is 0 Å². The second-order valence-electron chi connectivity index (χ2n) is 4.57. The molecule has 0 saturated carbocycles. The number of halogens is 2. The summed E-state index contributed by atoms with van der Waals surface area (Å²) in [4.78, 5) is 18.1. The van der Waals surface area contributed by atoms with Crippen LogP contribution >= 0.6 is 23.2 Å². The van der Waals surface area contributed by atoms with Gasteiger partial charge in [0.05, 0.1) is 23.3 Å². The molecule has 1 fully saturated rings. The summed E-state index contributed by atoms with van der Waals surface area (Å²) in [7, 11) is 1.73. The van der Waals surface area contributed by atoms with Crippen LogP contribution in [0, 0.1) is 0 Å². The predicted molar refractivity (Wildman–Crippen MR) is 84.3 cm³/mol. The SMILES string of the molecule is CNc1nc(NCCC(=O)N2CCOCC2)c(Cl)cc1Cl. The highest BCUT2D eigenvalue weighted by Crippen LogP contribution is 2.28. The van der Waals surface area contributed by atoms with Gasteiger partial charge in [0.15, 0.2) is 0 Å². The zero-order valence-electron chi connectivity index (χ0n) is 11.8. The molecule has 0 bridgehead atoms. The van der Waals surface area contributed by atoms with Gasteiger partial charge in [0.2, 0.25) is 5.91 Å². The van der Waals surface area contributed by atoms with Gasteiger partial charge in [-0.05, 0) is 6.07 Å². The number of morpholine rings is 1. The fourth-order valence-electron chi connectivity index (χ4n) is 2.02. The van der Waals surface area contributed by atoms with Crippen LogP contribution in [0.25, 0.3) is 0 Å². The van der Waals surface area contributed by atoms with Crippen molar-refractivity contribution >= 4 is 40.7 Å². The van der Waals surface area contributed by atoms with E-state index in [2.05, 4.69) is 15.6 Å². The zero-order valence-corrected chi connectivity index (χ0v) is 13.3. The van der Waals surface area contributed by atoms with Crippen LogP contribution in [0.5, 0.6) is 0 Å². The zero-order chi connectivity index (χ0) is 15.2. The van der Waals surface area contributed by atoms with Gasteiger partial charge in [0.25, 0.3) is 0 Å². The molecule has 2 heterocycles. The van der Waals surface area contributed by atoms with Gasteiger partial charge in [-0.25, -0.2) is 4.98 Å². The summed E-state index contributed by atoms with van der Waals surface area (Å²) in [5.41, 5.74) is 0. The topological polar surface area (TPSA) is 66.5 Å². The molecule has 0 atom stereocenters. The number of carbonyl (C=O) groups excluding carboxylic acids is 1. The number of nitrogens with one attached hydrogen (secondary N) is 2. The molecule has 116 valence electrons. The summed E-state index contributed by atoms with van der Waals surface area (Å²) in [5.74, 6) is 1.16. The maximum absolute atomic E-state index is 12.0. The third-order valence-corrected chi connectivity index (χ3v) is 3.74. The van der Waals surface area contributed by atoms with E-state index in [0.717, 1.165) is 0 Å². The minimum Gasteiger partial charge on any atom is -0.378 e. The average Bonchev–Trinajstić information content (AvgIpc) is 2.50. The highest BCUT2D eigenvalue weighted by molar-refractivity contribution is 6.37. The summed E-state index contributed by atoms with van der Waals surface area (Å²) in [5, 5.41) is 6.83. The molecule has 1 aromatic heterocycles. The third-order valence-electron chi connectivity index (χ3n) is 3.16. The van der Waals surface area contributed by atoms with E-state index in [9.17, 15) is 4.79 Å². The summed E-state index contributed by atoms with van der Waals surface area (Å²) < 4.78 is 5.22. The summed E-state index contributed by atoms with van der Waals surface area (Å²) in [6, 6.07) is 1.62. The molecule has 1 saturated heterocycles. The van der Waals surface area contributed by atoms with Gasteiger partial charge in [0.1, 0.15) is 11.6 Å². The first-order valence-corrected chi connectivity index (χ1v) is 7.50. The monoisotopic (exact) mass is 332 g/mol. The molecule has 0 radical (unpaired) electrons. The molecule has 1 aliphatic rings. The van der Waals surface area contributed by atoms with E-state index < -0.39 is 0 Å². The molecule has 1 aliphatic heterocycles. The first kappa shape index (κ1) is 16.1. The molecule has 0 unspecified atom stereocenters. The highest BCUT2D eigenvalue weighted by atomic mass is 35.5. The van der Waals surface area contributed by atoms with Crippen molar-refractivity contribution in [1.29, 1.82) is 0 Å².